The Kier molecular flexibility index (Phi) is 4.55. The molecule has 1 aliphatic rings. The number of ether oxygens (including phenoxy) is 1. The Labute approximate surface area is 128 Å². The quantitative estimate of drug-likeness (QED) is 0.898. The summed E-state index contributed by atoms with van der Waals surface area (Å²) in [6, 6.07) is 6.12. The normalized spacial score (nSPS) is 16.4. The Morgan fingerprint density at radius 1 is 1.09 bits per heavy atom. The third kappa shape index (κ3) is 4.69. The molecule has 0 aliphatic carbocycles. The fourth-order valence-electron chi connectivity index (χ4n) is 1.68. The van der Waals surface area contributed by atoms with Gasteiger partial charge < -0.3 is 10.1 Å². The molecule has 2 amide bonds. The van der Waals surface area contributed by atoms with Crippen LogP contribution in [0.1, 0.15) is 20.8 Å². The van der Waals surface area contributed by atoms with Crippen LogP contribution in [0.5, 0.6) is 0 Å². The molecule has 1 aromatic rings. The average molecular weight is 302 g/mol. The molecule has 0 fully saturated rings. The molecule has 0 bridgehead atoms. The van der Waals surface area contributed by atoms with Gasteiger partial charge in [0.05, 0.1) is 0 Å². The van der Waals surface area contributed by atoms with Crippen molar-refractivity contribution in [1.29, 1.82) is 0 Å². The highest BCUT2D eigenvalue weighted by Crippen LogP contribution is 2.16. The van der Waals surface area contributed by atoms with Crippen LogP contribution in [-0.4, -0.2) is 36.2 Å². The molecule has 7 nitrogen and oxygen atoms in total. The second-order valence-corrected chi connectivity index (χ2v) is 5.70. The summed E-state index contributed by atoms with van der Waals surface area (Å²) in [5.74, 6) is -0.259. The zero-order valence-electron chi connectivity index (χ0n) is 12.7. The van der Waals surface area contributed by atoms with Crippen LogP contribution in [0, 0.1) is 0 Å². The third-order valence-electron chi connectivity index (χ3n) is 2.59. The van der Waals surface area contributed by atoms with Crippen molar-refractivity contribution in [1.82, 2.24) is 0 Å². The van der Waals surface area contributed by atoms with Crippen LogP contribution in [-0.2, 0) is 9.53 Å². The first-order valence-corrected chi connectivity index (χ1v) is 6.79. The fourth-order valence-corrected chi connectivity index (χ4v) is 1.68. The number of nitrogens with zero attached hydrogens (tertiary/aromatic N) is 2. The lowest BCUT2D eigenvalue weighted by Crippen LogP contribution is -2.27. The first-order chi connectivity index (χ1) is 10.3. The van der Waals surface area contributed by atoms with E-state index in [1.807, 2.05) is 0 Å². The van der Waals surface area contributed by atoms with E-state index in [1.165, 1.54) is 12.6 Å². The number of anilines is 2. The SMILES string of the molecule is CC(C)(C)OC(=O)Nc1ccc(NC(=O)C2C=NC=N2)cc1. The highest BCUT2D eigenvalue weighted by Gasteiger charge is 2.17. The summed E-state index contributed by atoms with van der Waals surface area (Å²) in [6.45, 7) is 5.38. The number of nitrogens with one attached hydrogen (secondary N) is 2. The molecular weight excluding hydrogens is 284 g/mol. The largest absolute Gasteiger partial charge is 0.444 e. The number of carbonyl (C=O) groups is 2. The Morgan fingerprint density at radius 3 is 2.18 bits per heavy atom. The van der Waals surface area contributed by atoms with Gasteiger partial charge in [-0.3, -0.25) is 15.1 Å². The topological polar surface area (TPSA) is 92.2 Å². The number of hydrogen-bond acceptors (Lipinski definition) is 5. The van der Waals surface area contributed by atoms with Crippen LogP contribution in [0.2, 0.25) is 0 Å². The third-order valence-corrected chi connectivity index (χ3v) is 2.59. The zero-order chi connectivity index (χ0) is 16.2. The monoisotopic (exact) mass is 302 g/mol. The van der Waals surface area contributed by atoms with Gasteiger partial charge in [0.1, 0.15) is 11.9 Å². The number of rotatable bonds is 3. The summed E-state index contributed by atoms with van der Waals surface area (Å²) in [5, 5.41) is 5.33. The highest BCUT2D eigenvalue weighted by molar-refractivity contribution is 6.09. The summed E-state index contributed by atoms with van der Waals surface area (Å²) < 4.78 is 5.15. The molecule has 1 aliphatic heterocycles. The van der Waals surface area contributed by atoms with Gasteiger partial charge in [-0.15, -0.1) is 0 Å². The molecule has 0 saturated heterocycles. The van der Waals surface area contributed by atoms with E-state index in [9.17, 15) is 9.59 Å². The molecule has 116 valence electrons. The number of amides is 2. The van der Waals surface area contributed by atoms with Gasteiger partial charge in [-0.1, -0.05) is 0 Å². The second-order valence-electron chi connectivity index (χ2n) is 5.70. The van der Waals surface area contributed by atoms with E-state index in [0.717, 1.165) is 0 Å². The Bertz CT molecular complexity index is 603. The predicted molar refractivity (Wildman–Crippen MR) is 85.7 cm³/mol. The molecule has 22 heavy (non-hydrogen) atoms. The molecule has 1 unspecified atom stereocenters. The van der Waals surface area contributed by atoms with Gasteiger partial charge in [0.25, 0.3) is 5.91 Å². The molecule has 1 heterocycles. The molecule has 0 saturated carbocycles. The lowest BCUT2D eigenvalue weighted by atomic mass is 10.2. The highest BCUT2D eigenvalue weighted by atomic mass is 16.6. The number of benzene rings is 1. The molecule has 2 rings (SSSR count). The average Bonchev–Trinajstić information content (AvgIpc) is 2.92. The first kappa shape index (κ1) is 15.7. The van der Waals surface area contributed by atoms with Crippen molar-refractivity contribution in [3.8, 4) is 0 Å². The van der Waals surface area contributed by atoms with Gasteiger partial charge in [0.2, 0.25) is 0 Å². The molecule has 7 heteroatoms. The van der Waals surface area contributed by atoms with Gasteiger partial charge in [-0.05, 0) is 45.0 Å². The minimum atomic E-state index is -0.584. The smallest absolute Gasteiger partial charge is 0.412 e. The Balaban J connectivity index is 1.90. The number of aliphatic imine (C=N–C) groups is 2. The van der Waals surface area contributed by atoms with Crippen LogP contribution in [0.15, 0.2) is 34.3 Å². The van der Waals surface area contributed by atoms with E-state index in [2.05, 4.69) is 20.6 Å². The van der Waals surface area contributed by atoms with E-state index in [-0.39, 0.29) is 5.91 Å². The summed E-state index contributed by atoms with van der Waals surface area (Å²) in [6.07, 6.45) is 2.28. The van der Waals surface area contributed by atoms with Crippen molar-refractivity contribution < 1.29 is 14.3 Å². The maximum atomic E-state index is 11.8. The fraction of sp³-hybridized carbons (Fsp3) is 0.333. The van der Waals surface area contributed by atoms with Gasteiger partial charge >= 0.3 is 6.09 Å². The van der Waals surface area contributed by atoms with Crippen molar-refractivity contribution in [2.75, 3.05) is 10.6 Å². The van der Waals surface area contributed by atoms with Crippen molar-refractivity contribution in [3.63, 3.8) is 0 Å². The maximum absolute atomic E-state index is 11.8. The van der Waals surface area contributed by atoms with Crippen molar-refractivity contribution in [2.45, 2.75) is 32.4 Å². The van der Waals surface area contributed by atoms with Crippen LogP contribution in [0.3, 0.4) is 0 Å². The van der Waals surface area contributed by atoms with E-state index in [4.69, 9.17) is 4.74 Å². The van der Waals surface area contributed by atoms with Crippen molar-refractivity contribution >= 4 is 35.9 Å². The van der Waals surface area contributed by atoms with Gasteiger partial charge in [0.15, 0.2) is 6.04 Å². The number of carbonyl (C=O) groups excluding carboxylic acids is 2. The van der Waals surface area contributed by atoms with Crippen LogP contribution >= 0.6 is 0 Å². The van der Waals surface area contributed by atoms with Crippen LogP contribution < -0.4 is 10.6 Å². The lowest BCUT2D eigenvalue weighted by molar-refractivity contribution is -0.115. The molecule has 0 spiro atoms. The molecule has 1 aromatic carbocycles. The minimum absolute atomic E-state index is 0.259. The summed E-state index contributed by atoms with van der Waals surface area (Å²) >= 11 is 0. The van der Waals surface area contributed by atoms with E-state index in [1.54, 1.807) is 45.0 Å². The van der Waals surface area contributed by atoms with Gasteiger partial charge in [-0.2, -0.15) is 0 Å². The lowest BCUT2D eigenvalue weighted by Gasteiger charge is -2.19. The van der Waals surface area contributed by atoms with E-state index in [0.29, 0.717) is 11.4 Å². The molecular formula is C15H18N4O3. The Hall–Kier alpha value is -2.70. The predicted octanol–water partition coefficient (Wildman–Crippen LogP) is 2.45. The van der Waals surface area contributed by atoms with E-state index < -0.39 is 17.7 Å². The zero-order valence-corrected chi connectivity index (χ0v) is 12.7. The molecule has 0 radical (unpaired) electrons. The maximum Gasteiger partial charge on any atom is 0.412 e. The summed E-state index contributed by atoms with van der Waals surface area (Å²) in [5.41, 5.74) is 0.629. The molecule has 1 atom stereocenters. The number of hydrogen-bond donors (Lipinski definition) is 2. The summed E-state index contributed by atoms with van der Waals surface area (Å²) in [7, 11) is 0. The van der Waals surface area contributed by atoms with Gasteiger partial charge in [-0.25, -0.2) is 9.79 Å². The van der Waals surface area contributed by atoms with Crippen molar-refractivity contribution in [3.05, 3.63) is 24.3 Å². The standard InChI is InChI=1S/C15H18N4O3/c1-15(2,3)22-14(21)19-11-6-4-10(5-7-11)18-13(20)12-8-16-9-17-12/h4-9,12H,1-3H3,(H,18,20)(H,19,21). The van der Waals surface area contributed by atoms with E-state index >= 15 is 0 Å². The second kappa shape index (κ2) is 6.38. The Morgan fingerprint density at radius 2 is 1.68 bits per heavy atom. The first-order valence-electron chi connectivity index (χ1n) is 6.79. The van der Waals surface area contributed by atoms with Gasteiger partial charge in [0, 0.05) is 17.6 Å². The van der Waals surface area contributed by atoms with Crippen LogP contribution in [0.4, 0.5) is 16.2 Å². The molecule has 2 N–H and O–H groups in total. The minimum Gasteiger partial charge on any atom is -0.444 e. The van der Waals surface area contributed by atoms with Crippen molar-refractivity contribution in [2.24, 2.45) is 9.98 Å². The van der Waals surface area contributed by atoms with Crippen LogP contribution in [0.25, 0.3) is 0 Å². The summed E-state index contributed by atoms with van der Waals surface area (Å²) in [4.78, 5) is 31.1. The molecule has 0 aromatic heterocycles.